The molecular formula is C16H16ClN3O. The van der Waals surface area contributed by atoms with Crippen molar-refractivity contribution in [2.24, 2.45) is 0 Å². The molecule has 1 N–H and O–H groups in total. The van der Waals surface area contributed by atoms with E-state index in [1.165, 1.54) is 4.68 Å². The van der Waals surface area contributed by atoms with Gasteiger partial charge >= 0.3 is 0 Å². The zero-order valence-corrected chi connectivity index (χ0v) is 12.3. The number of nitrogens with one attached hydrogen (secondary N) is 1. The fraction of sp³-hybridized carbons (Fsp3) is 0.250. The Morgan fingerprint density at radius 3 is 2.67 bits per heavy atom. The van der Waals surface area contributed by atoms with Crippen molar-refractivity contribution < 1.29 is 0 Å². The summed E-state index contributed by atoms with van der Waals surface area (Å²) in [7, 11) is 0. The van der Waals surface area contributed by atoms with Crippen molar-refractivity contribution in [1.29, 1.82) is 0 Å². The SMILES string of the molecule is O=c1c(Cl)c(NC2CC=CC2)cnn1Cc1ccccc1. The van der Waals surface area contributed by atoms with Crippen LogP contribution in [0.5, 0.6) is 0 Å². The highest BCUT2D eigenvalue weighted by molar-refractivity contribution is 6.32. The molecule has 0 fully saturated rings. The summed E-state index contributed by atoms with van der Waals surface area (Å²) in [6.45, 7) is 0.421. The number of halogens is 1. The van der Waals surface area contributed by atoms with E-state index in [1.54, 1.807) is 6.20 Å². The Morgan fingerprint density at radius 2 is 1.95 bits per heavy atom. The summed E-state index contributed by atoms with van der Waals surface area (Å²) in [6.07, 6.45) is 7.77. The average molecular weight is 302 g/mol. The Morgan fingerprint density at radius 1 is 1.24 bits per heavy atom. The normalized spacial score (nSPS) is 14.5. The van der Waals surface area contributed by atoms with Crippen LogP contribution in [0.25, 0.3) is 0 Å². The van der Waals surface area contributed by atoms with E-state index in [4.69, 9.17) is 11.6 Å². The number of aromatic nitrogens is 2. The second kappa shape index (κ2) is 6.14. The first-order chi connectivity index (χ1) is 10.2. The predicted molar refractivity (Wildman–Crippen MR) is 84.8 cm³/mol. The lowest BCUT2D eigenvalue weighted by Gasteiger charge is -2.15. The fourth-order valence-electron chi connectivity index (χ4n) is 2.39. The molecule has 21 heavy (non-hydrogen) atoms. The van der Waals surface area contributed by atoms with E-state index in [-0.39, 0.29) is 10.6 Å². The molecule has 1 aromatic carbocycles. The lowest BCUT2D eigenvalue weighted by Crippen LogP contribution is -2.26. The maximum absolute atomic E-state index is 12.3. The molecule has 0 aliphatic heterocycles. The Kier molecular flexibility index (Phi) is 4.06. The smallest absolute Gasteiger partial charge is 0.287 e. The largest absolute Gasteiger partial charge is 0.379 e. The van der Waals surface area contributed by atoms with E-state index in [0.29, 0.717) is 18.3 Å². The van der Waals surface area contributed by atoms with Crippen LogP contribution in [-0.2, 0) is 6.54 Å². The van der Waals surface area contributed by atoms with Crippen LogP contribution in [0, 0.1) is 0 Å². The van der Waals surface area contributed by atoms with Crippen molar-refractivity contribution in [1.82, 2.24) is 9.78 Å². The molecule has 0 amide bonds. The number of hydrogen-bond donors (Lipinski definition) is 1. The van der Waals surface area contributed by atoms with Crippen molar-refractivity contribution in [2.75, 3.05) is 5.32 Å². The quantitative estimate of drug-likeness (QED) is 0.883. The van der Waals surface area contributed by atoms with E-state index in [2.05, 4.69) is 22.6 Å². The highest BCUT2D eigenvalue weighted by Crippen LogP contribution is 2.21. The van der Waals surface area contributed by atoms with Gasteiger partial charge in [-0.05, 0) is 18.4 Å². The Bertz CT molecular complexity index is 701. The molecule has 0 bridgehead atoms. The van der Waals surface area contributed by atoms with Gasteiger partial charge in [-0.3, -0.25) is 4.79 Å². The van der Waals surface area contributed by atoms with Crippen molar-refractivity contribution in [2.45, 2.75) is 25.4 Å². The molecular weight excluding hydrogens is 286 g/mol. The molecule has 2 aromatic rings. The number of anilines is 1. The van der Waals surface area contributed by atoms with Gasteiger partial charge in [-0.15, -0.1) is 0 Å². The van der Waals surface area contributed by atoms with E-state index in [1.807, 2.05) is 30.3 Å². The van der Waals surface area contributed by atoms with Crippen LogP contribution in [0.2, 0.25) is 5.02 Å². The molecule has 3 rings (SSSR count). The van der Waals surface area contributed by atoms with Gasteiger partial charge in [0.2, 0.25) is 0 Å². The van der Waals surface area contributed by atoms with Gasteiger partial charge in [0.1, 0.15) is 5.02 Å². The molecule has 5 heteroatoms. The molecule has 1 heterocycles. The summed E-state index contributed by atoms with van der Waals surface area (Å²) in [4.78, 5) is 12.3. The van der Waals surface area contributed by atoms with Crippen LogP contribution in [0.15, 0.2) is 53.5 Å². The maximum Gasteiger partial charge on any atom is 0.287 e. The molecule has 4 nitrogen and oxygen atoms in total. The zero-order chi connectivity index (χ0) is 14.7. The van der Waals surface area contributed by atoms with Crippen LogP contribution < -0.4 is 10.9 Å². The molecule has 1 aliphatic carbocycles. The molecule has 0 radical (unpaired) electrons. The van der Waals surface area contributed by atoms with Crippen molar-refractivity contribution in [3.63, 3.8) is 0 Å². The number of rotatable bonds is 4. The van der Waals surface area contributed by atoms with E-state index < -0.39 is 0 Å². The molecule has 0 unspecified atom stereocenters. The van der Waals surface area contributed by atoms with Gasteiger partial charge in [-0.25, -0.2) is 4.68 Å². The Labute approximate surface area is 128 Å². The fourth-order valence-corrected chi connectivity index (χ4v) is 2.59. The van der Waals surface area contributed by atoms with E-state index in [9.17, 15) is 4.79 Å². The van der Waals surface area contributed by atoms with Crippen LogP contribution in [-0.4, -0.2) is 15.8 Å². The first kappa shape index (κ1) is 13.9. The number of nitrogens with zero attached hydrogens (tertiary/aromatic N) is 2. The predicted octanol–water partition coefficient (Wildman–Crippen LogP) is 3.08. The van der Waals surface area contributed by atoms with Crippen LogP contribution >= 0.6 is 11.6 Å². The van der Waals surface area contributed by atoms with Gasteiger partial charge in [0, 0.05) is 6.04 Å². The third kappa shape index (κ3) is 3.16. The second-order valence-corrected chi connectivity index (χ2v) is 5.48. The number of hydrogen-bond acceptors (Lipinski definition) is 3. The van der Waals surface area contributed by atoms with Crippen LogP contribution in [0.1, 0.15) is 18.4 Å². The molecule has 1 aromatic heterocycles. The first-order valence-corrected chi connectivity index (χ1v) is 7.33. The topological polar surface area (TPSA) is 46.9 Å². The molecule has 108 valence electrons. The van der Waals surface area contributed by atoms with Gasteiger partial charge < -0.3 is 5.32 Å². The minimum Gasteiger partial charge on any atom is -0.379 e. The summed E-state index contributed by atoms with van der Waals surface area (Å²) in [5, 5.41) is 7.69. The van der Waals surface area contributed by atoms with Gasteiger partial charge in [-0.2, -0.15) is 5.10 Å². The second-order valence-electron chi connectivity index (χ2n) is 5.10. The van der Waals surface area contributed by atoms with Crippen molar-refractivity contribution in [3.05, 3.63) is 69.6 Å². The third-order valence-electron chi connectivity index (χ3n) is 3.53. The molecule has 0 atom stereocenters. The van der Waals surface area contributed by atoms with Crippen LogP contribution in [0.3, 0.4) is 0 Å². The first-order valence-electron chi connectivity index (χ1n) is 6.95. The zero-order valence-electron chi connectivity index (χ0n) is 11.5. The Hall–Kier alpha value is -2.07. The summed E-state index contributed by atoms with van der Waals surface area (Å²) in [6, 6.07) is 10.0. The van der Waals surface area contributed by atoms with Gasteiger partial charge in [-0.1, -0.05) is 54.1 Å². The molecule has 1 aliphatic rings. The minimum atomic E-state index is -0.267. The third-order valence-corrected chi connectivity index (χ3v) is 3.89. The maximum atomic E-state index is 12.3. The standard InChI is InChI=1S/C16H16ClN3O/c17-15-14(19-13-8-4-5-9-13)10-18-20(16(15)21)11-12-6-2-1-3-7-12/h1-7,10,13,19H,8-9,11H2. The summed E-state index contributed by atoms with van der Waals surface area (Å²) in [5.41, 5.74) is 1.36. The van der Waals surface area contributed by atoms with Gasteiger partial charge in [0.05, 0.1) is 18.4 Å². The number of benzene rings is 1. The summed E-state index contributed by atoms with van der Waals surface area (Å²) >= 11 is 6.19. The lowest BCUT2D eigenvalue weighted by molar-refractivity contribution is 0.638. The summed E-state index contributed by atoms with van der Waals surface area (Å²) < 4.78 is 1.38. The van der Waals surface area contributed by atoms with Crippen LogP contribution in [0.4, 0.5) is 5.69 Å². The minimum absolute atomic E-state index is 0.202. The molecule has 0 saturated carbocycles. The summed E-state index contributed by atoms with van der Waals surface area (Å²) in [5.74, 6) is 0. The monoisotopic (exact) mass is 301 g/mol. The molecule has 0 saturated heterocycles. The Balaban J connectivity index is 1.81. The van der Waals surface area contributed by atoms with E-state index >= 15 is 0 Å². The van der Waals surface area contributed by atoms with E-state index in [0.717, 1.165) is 18.4 Å². The average Bonchev–Trinajstić information content (AvgIpc) is 3.01. The van der Waals surface area contributed by atoms with Gasteiger partial charge in [0.15, 0.2) is 0 Å². The molecule has 0 spiro atoms. The lowest BCUT2D eigenvalue weighted by atomic mass is 10.2. The highest BCUT2D eigenvalue weighted by Gasteiger charge is 2.14. The van der Waals surface area contributed by atoms with Gasteiger partial charge in [0.25, 0.3) is 5.56 Å². The van der Waals surface area contributed by atoms with Crippen molar-refractivity contribution >= 4 is 17.3 Å². The van der Waals surface area contributed by atoms with Crippen molar-refractivity contribution in [3.8, 4) is 0 Å². The highest BCUT2D eigenvalue weighted by atomic mass is 35.5.